The van der Waals surface area contributed by atoms with Gasteiger partial charge in [-0.05, 0) is 61.7 Å². The first kappa shape index (κ1) is 25.8. The summed E-state index contributed by atoms with van der Waals surface area (Å²) in [6.45, 7) is 3.73. The minimum absolute atomic E-state index is 0.117. The summed E-state index contributed by atoms with van der Waals surface area (Å²) < 4.78 is 25.8. The molecule has 180 valence electrons. The van der Waals surface area contributed by atoms with Gasteiger partial charge in [-0.1, -0.05) is 53.9 Å². The van der Waals surface area contributed by atoms with E-state index in [1.165, 1.54) is 35.2 Å². The Morgan fingerprint density at radius 2 is 1.76 bits per heavy atom. The van der Waals surface area contributed by atoms with Crippen molar-refractivity contribution in [1.29, 1.82) is 0 Å². The molecular formula is C24H31Cl2N3O3S. The lowest BCUT2D eigenvalue weighted by Gasteiger charge is -2.27. The molecule has 0 aromatic heterocycles. The van der Waals surface area contributed by atoms with E-state index in [0.717, 1.165) is 31.5 Å². The average Bonchev–Trinajstić information content (AvgIpc) is 2.78. The number of rotatable bonds is 10. The second-order valence-electron chi connectivity index (χ2n) is 8.42. The van der Waals surface area contributed by atoms with Crippen molar-refractivity contribution in [2.75, 3.05) is 30.2 Å². The first-order valence-corrected chi connectivity index (χ1v) is 13.8. The fourth-order valence-corrected chi connectivity index (χ4v) is 5.46. The molecule has 6 nitrogen and oxygen atoms in total. The number of nitrogens with one attached hydrogen (secondary N) is 1. The Morgan fingerprint density at radius 3 is 2.45 bits per heavy atom. The summed E-state index contributed by atoms with van der Waals surface area (Å²) in [5.41, 5.74) is 2.66. The van der Waals surface area contributed by atoms with Crippen LogP contribution in [0.4, 0.5) is 5.69 Å². The van der Waals surface area contributed by atoms with Crippen LogP contribution < -0.4 is 9.62 Å². The van der Waals surface area contributed by atoms with Crippen LogP contribution in [0.5, 0.6) is 0 Å². The Morgan fingerprint density at radius 1 is 1.06 bits per heavy atom. The first-order chi connectivity index (χ1) is 15.7. The lowest BCUT2D eigenvalue weighted by Crippen LogP contribution is -2.32. The van der Waals surface area contributed by atoms with Gasteiger partial charge in [0.25, 0.3) is 0 Å². The van der Waals surface area contributed by atoms with Crippen LogP contribution in [0, 0.1) is 0 Å². The van der Waals surface area contributed by atoms with Crippen molar-refractivity contribution in [3.8, 4) is 0 Å². The SMILES string of the molecule is CS(=O)(=O)N(CCCC(=O)NCc1ccccc1CN1CCCCC1)c1cc(Cl)ccc1Cl. The number of piperidine rings is 1. The van der Waals surface area contributed by atoms with Crippen molar-refractivity contribution in [3.05, 3.63) is 63.6 Å². The summed E-state index contributed by atoms with van der Waals surface area (Å²) in [5.74, 6) is -0.117. The normalized spacial score (nSPS) is 14.8. The maximum atomic E-state index is 12.5. The van der Waals surface area contributed by atoms with Crippen molar-refractivity contribution in [2.45, 2.75) is 45.2 Å². The maximum absolute atomic E-state index is 12.5. The zero-order valence-electron chi connectivity index (χ0n) is 18.9. The van der Waals surface area contributed by atoms with E-state index in [1.54, 1.807) is 12.1 Å². The van der Waals surface area contributed by atoms with E-state index >= 15 is 0 Å². The number of sulfonamides is 1. The van der Waals surface area contributed by atoms with E-state index in [1.807, 2.05) is 18.2 Å². The number of carbonyl (C=O) groups is 1. The summed E-state index contributed by atoms with van der Waals surface area (Å²) in [6.07, 6.45) is 5.46. The Balaban J connectivity index is 1.53. The molecule has 0 spiro atoms. The number of likely N-dealkylation sites (tertiary alicyclic amines) is 1. The summed E-state index contributed by atoms with van der Waals surface area (Å²) >= 11 is 12.2. The van der Waals surface area contributed by atoms with Gasteiger partial charge in [-0.2, -0.15) is 0 Å². The van der Waals surface area contributed by atoms with Crippen LogP contribution in [-0.4, -0.2) is 45.1 Å². The maximum Gasteiger partial charge on any atom is 0.232 e. The highest BCUT2D eigenvalue weighted by Gasteiger charge is 2.20. The number of amides is 1. The summed E-state index contributed by atoms with van der Waals surface area (Å²) in [4.78, 5) is 14.9. The summed E-state index contributed by atoms with van der Waals surface area (Å²) in [6, 6.07) is 12.9. The molecule has 1 fully saturated rings. The highest BCUT2D eigenvalue weighted by molar-refractivity contribution is 7.92. The van der Waals surface area contributed by atoms with Crippen LogP contribution in [0.2, 0.25) is 10.0 Å². The summed E-state index contributed by atoms with van der Waals surface area (Å²) in [5, 5.41) is 3.66. The molecule has 0 unspecified atom stereocenters. The highest BCUT2D eigenvalue weighted by atomic mass is 35.5. The van der Waals surface area contributed by atoms with E-state index in [4.69, 9.17) is 23.2 Å². The highest BCUT2D eigenvalue weighted by Crippen LogP contribution is 2.30. The Labute approximate surface area is 206 Å². The third-order valence-corrected chi connectivity index (χ3v) is 7.51. The minimum atomic E-state index is -3.58. The number of nitrogens with zero attached hydrogens (tertiary/aromatic N) is 2. The lowest BCUT2D eigenvalue weighted by molar-refractivity contribution is -0.121. The second kappa shape index (κ2) is 12.1. The van der Waals surface area contributed by atoms with Crippen LogP contribution >= 0.6 is 23.2 Å². The van der Waals surface area contributed by atoms with Gasteiger partial charge >= 0.3 is 0 Å². The predicted molar refractivity (Wildman–Crippen MR) is 135 cm³/mol. The molecule has 2 aromatic rings. The molecule has 1 amide bonds. The van der Waals surface area contributed by atoms with E-state index < -0.39 is 10.0 Å². The van der Waals surface area contributed by atoms with Gasteiger partial charge in [0.15, 0.2) is 0 Å². The number of carbonyl (C=O) groups excluding carboxylic acids is 1. The van der Waals surface area contributed by atoms with Gasteiger partial charge in [0.2, 0.25) is 15.9 Å². The van der Waals surface area contributed by atoms with E-state index in [0.29, 0.717) is 28.7 Å². The number of hydrogen-bond donors (Lipinski definition) is 1. The molecule has 0 saturated carbocycles. The molecule has 1 saturated heterocycles. The van der Waals surface area contributed by atoms with E-state index in [9.17, 15) is 13.2 Å². The second-order valence-corrected chi connectivity index (χ2v) is 11.2. The molecule has 1 heterocycles. The van der Waals surface area contributed by atoms with Gasteiger partial charge in [-0.15, -0.1) is 0 Å². The average molecular weight is 513 g/mol. The molecule has 1 aliphatic heterocycles. The van der Waals surface area contributed by atoms with Gasteiger partial charge < -0.3 is 5.32 Å². The largest absolute Gasteiger partial charge is 0.352 e. The molecule has 0 bridgehead atoms. The summed E-state index contributed by atoms with van der Waals surface area (Å²) in [7, 11) is -3.58. The molecule has 0 atom stereocenters. The lowest BCUT2D eigenvalue weighted by atomic mass is 10.0. The smallest absolute Gasteiger partial charge is 0.232 e. The zero-order chi connectivity index (χ0) is 23.8. The van der Waals surface area contributed by atoms with E-state index in [-0.39, 0.29) is 18.9 Å². The van der Waals surface area contributed by atoms with Crippen LogP contribution in [0.25, 0.3) is 0 Å². The molecule has 9 heteroatoms. The van der Waals surface area contributed by atoms with Crippen molar-refractivity contribution in [3.63, 3.8) is 0 Å². The molecule has 0 aliphatic carbocycles. The third kappa shape index (κ3) is 7.88. The topological polar surface area (TPSA) is 69.7 Å². The number of benzene rings is 2. The van der Waals surface area contributed by atoms with Crippen molar-refractivity contribution >= 4 is 44.8 Å². The van der Waals surface area contributed by atoms with Gasteiger partial charge in [0.05, 0.1) is 17.0 Å². The monoisotopic (exact) mass is 511 g/mol. The molecular weight excluding hydrogens is 481 g/mol. The molecule has 1 N–H and O–H groups in total. The molecule has 33 heavy (non-hydrogen) atoms. The van der Waals surface area contributed by atoms with Crippen LogP contribution in [0.1, 0.15) is 43.2 Å². The zero-order valence-corrected chi connectivity index (χ0v) is 21.2. The first-order valence-electron chi connectivity index (χ1n) is 11.2. The van der Waals surface area contributed by atoms with Gasteiger partial charge in [0, 0.05) is 31.1 Å². The van der Waals surface area contributed by atoms with Gasteiger partial charge in [-0.3, -0.25) is 14.0 Å². The van der Waals surface area contributed by atoms with E-state index in [2.05, 4.69) is 16.3 Å². The number of hydrogen-bond acceptors (Lipinski definition) is 4. The quantitative estimate of drug-likeness (QED) is 0.495. The standard InChI is InChI=1S/C24H31Cl2N3O3S/c1-33(31,32)29(23-16-21(25)11-12-22(23)26)15-7-10-24(30)27-17-19-8-3-4-9-20(19)18-28-13-5-2-6-14-28/h3-4,8-9,11-12,16H,2,5-7,10,13-15,17-18H2,1H3,(H,27,30). The third-order valence-electron chi connectivity index (χ3n) is 5.78. The Kier molecular flexibility index (Phi) is 9.44. The van der Waals surface area contributed by atoms with Crippen LogP contribution in [-0.2, 0) is 27.9 Å². The van der Waals surface area contributed by atoms with Crippen LogP contribution in [0.3, 0.4) is 0 Å². The molecule has 3 rings (SSSR count). The van der Waals surface area contributed by atoms with Crippen molar-refractivity contribution in [1.82, 2.24) is 10.2 Å². The molecule has 1 aliphatic rings. The number of halogens is 2. The fourth-order valence-electron chi connectivity index (χ4n) is 4.05. The van der Waals surface area contributed by atoms with Gasteiger partial charge in [-0.25, -0.2) is 8.42 Å². The van der Waals surface area contributed by atoms with Gasteiger partial charge in [0.1, 0.15) is 0 Å². The van der Waals surface area contributed by atoms with Crippen molar-refractivity contribution < 1.29 is 13.2 Å². The Hall–Kier alpha value is -1.80. The predicted octanol–water partition coefficient (Wildman–Crippen LogP) is 4.84. The van der Waals surface area contributed by atoms with Crippen LogP contribution in [0.15, 0.2) is 42.5 Å². The number of anilines is 1. The van der Waals surface area contributed by atoms with Crippen molar-refractivity contribution in [2.24, 2.45) is 0 Å². The molecule has 0 radical (unpaired) electrons. The molecule has 2 aromatic carbocycles. The minimum Gasteiger partial charge on any atom is -0.352 e. The fraction of sp³-hybridized carbons (Fsp3) is 0.458. The Bertz CT molecular complexity index is 1060.